The average molecular weight is 274 g/mol. The lowest BCUT2D eigenvalue weighted by atomic mass is 10.1. The van der Waals surface area contributed by atoms with Gasteiger partial charge in [-0.3, -0.25) is 0 Å². The lowest BCUT2D eigenvalue weighted by molar-refractivity contribution is 0.976. The average Bonchev–Trinajstić information content (AvgIpc) is 2.45. The number of aromatic amines is 1. The molecule has 0 bridgehead atoms. The smallest absolute Gasteiger partial charge is 0.110 e. The molecule has 0 atom stereocenters. The van der Waals surface area contributed by atoms with Crippen molar-refractivity contribution in [2.45, 2.75) is 6.42 Å². The number of fused-ring (bicyclic) bond motifs is 1. The van der Waals surface area contributed by atoms with Crippen LogP contribution in [0.15, 0.2) is 22.7 Å². The number of hydrogen-bond donors (Lipinski definition) is 2. The van der Waals surface area contributed by atoms with Crippen LogP contribution in [0.2, 0.25) is 5.15 Å². The van der Waals surface area contributed by atoms with Crippen LogP contribution in [0, 0.1) is 0 Å². The fourth-order valence-corrected chi connectivity index (χ4v) is 2.23. The van der Waals surface area contributed by atoms with Crippen LogP contribution >= 0.6 is 27.5 Å². The molecule has 0 aliphatic carbocycles. The summed E-state index contributed by atoms with van der Waals surface area (Å²) in [4.78, 5) is 3.13. The Labute approximate surface area is 95.6 Å². The summed E-state index contributed by atoms with van der Waals surface area (Å²) in [7, 11) is 0. The van der Waals surface area contributed by atoms with Gasteiger partial charge < -0.3 is 10.7 Å². The Morgan fingerprint density at radius 3 is 2.93 bits per heavy atom. The van der Waals surface area contributed by atoms with Crippen LogP contribution in [0.25, 0.3) is 10.9 Å². The molecule has 1 aromatic heterocycles. The molecule has 0 amide bonds. The summed E-state index contributed by atoms with van der Waals surface area (Å²) < 4.78 is 1.05. The first-order valence-electron chi connectivity index (χ1n) is 4.38. The third-order valence-electron chi connectivity index (χ3n) is 2.21. The summed E-state index contributed by atoms with van der Waals surface area (Å²) in [6.45, 7) is 0.610. The van der Waals surface area contributed by atoms with E-state index < -0.39 is 0 Å². The van der Waals surface area contributed by atoms with Crippen LogP contribution in [0.4, 0.5) is 0 Å². The van der Waals surface area contributed by atoms with Gasteiger partial charge in [-0.1, -0.05) is 27.5 Å². The third kappa shape index (κ3) is 1.67. The van der Waals surface area contributed by atoms with Gasteiger partial charge in [-0.05, 0) is 36.7 Å². The van der Waals surface area contributed by atoms with Gasteiger partial charge in [0.2, 0.25) is 0 Å². The molecule has 1 aromatic carbocycles. The van der Waals surface area contributed by atoms with Crippen LogP contribution in [0.3, 0.4) is 0 Å². The number of rotatable bonds is 2. The van der Waals surface area contributed by atoms with E-state index in [9.17, 15) is 0 Å². The minimum absolute atomic E-state index is 0.610. The van der Waals surface area contributed by atoms with E-state index in [2.05, 4.69) is 27.0 Å². The maximum atomic E-state index is 6.07. The molecule has 0 saturated heterocycles. The lowest BCUT2D eigenvalue weighted by Crippen LogP contribution is -2.02. The zero-order valence-corrected chi connectivity index (χ0v) is 9.82. The van der Waals surface area contributed by atoms with Crippen molar-refractivity contribution in [1.29, 1.82) is 0 Å². The number of hydrogen-bond acceptors (Lipinski definition) is 1. The number of benzene rings is 1. The van der Waals surface area contributed by atoms with Gasteiger partial charge in [-0.25, -0.2) is 0 Å². The van der Waals surface area contributed by atoms with Crippen molar-refractivity contribution >= 4 is 38.4 Å². The molecule has 3 N–H and O–H groups in total. The van der Waals surface area contributed by atoms with Gasteiger partial charge >= 0.3 is 0 Å². The Hall–Kier alpha value is -0.510. The van der Waals surface area contributed by atoms with E-state index in [1.165, 1.54) is 0 Å². The van der Waals surface area contributed by atoms with Gasteiger partial charge in [0.25, 0.3) is 0 Å². The van der Waals surface area contributed by atoms with Gasteiger partial charge in [-0.15, -0.1) is 0 Å². The zero-order valence-electron chi connectivity index (χ0n) is 7.48. The molecule has 0 spiro atoms. The molecule has 0 unspecified atom stereocenters. The normalized spacial score (nSPS) is 11.1. The van der Waals surface area contributed by atoms with Crippen molar-refractivity contribution < 1.29 is 0 Å². The molecule has 0 radical (unpaired) electrons. The summed E-state index contributed by atoms with van der Waals surface area (Å²) in [6.07, 6.45) is 0.801. The van der Waals surface area contributed by atoms with Crippen molar-refractivity contribution in [1.82, 2.24) is 4.98 Å². The van der Waals surface area contributed by atoms with E-state index >= 15 is 0 Å². The Morgan fingerprint density at radius 2 is 2.21 bits per heavy atom. The van der Waals surface area contributed by atoms with Crippen LogP contribution < -0.4 is 5.73 Å². The molecule has 1 heterocycles. The quantitative estimate of drug-likeness (QED) is 0.867. The van der Waals surface area contributed by atoms with Crippen molar-refractivity contribution in [3.8, 4) is 0 Å². The minimum atomic E-state index is 0.610. The molecule has 4 heteroatoms. The standard InChI is InChI=1S/C10H10BrClN2/c11-6-1-2-9-8(5-6)7(3-4-13)10(12)14-9/h1-2,5,14H,3-4,13H2. The number of nitrogens with one attached hydrogen (secondary N) is 1. The summed E-state index contributed by atoms with van der Waals surface area (Å²) in [5.74, 6) is 0. The van der Waals surface area contributed by atoms with E-state index in [4.69, 9.17) is 17.3 Å². The summed E-state index contributed by atoms with van der Waals surface area (Å²) in [5, 5.41) is 1.85. The third-order valence-corrected chi connectivity index (χ3v) is 3.03. The largest absolute Gasteiger partial charge is 0.345 e. The first-order valence-corrected chi connectivity index (χ1v) is 5.55. The predicted molar refractivity (Wildman–Crippen MR) is 63.8 cm³/mol. The highest BCUT2D eigenvalue weighted by atomic mass is 79.9. The Morgan fingerprint density at radius 1 is 1.43 bits per heavy atom. The van der Waals surface area contributed by atoms with E-state index in [1.54, 1.807) is 0 Å². The molecule has 0 aliphatic heterocycles. The van der Waals surface area contributed by atoms with Crippen LogP contribution in [-0.2, 0) is 6.42 Å². The minimum Gasteiger partial charge on any atom is -0.345 e. The molecule has 2 aromatic rings. The highest BCUT2D eigenvalue weighted by Gasteiger charge is 2.08. The fourth-order valence-electron chi connectivity index (χ4n) is 1.58. The fraction of sp³-hybridized carbons (Fsp3) is 0.200. The van der Waals surface area contributed by atoms with Gasteiger partial charge in [0.05, 0.1) is 0 Å². The van der Waals surface area contributed by atoms with E-state index in [-0.39, 0.29) is 0 Å². The molecule has 2 rings (SSSR count). The number of nitrogens with two attached hydrogens (primary N) is 1. The van der Waals surface area contributed by atoms with Crippen molar-refractivity contribution in [3.63, 3.8) is 0 Å². The van der Waals surface area contributed by atoms with Gasteiger partial charge in [-0.2, -0.15) is 0 Å². The first-order chi connectivity index (χ1) is 6.72. The second kappa shape index (κ2) is 3.93. The lowest BCUT2D eigenvalue weighted by Gasteiger charge is -1.97. The van der Waals surface area contributed by atoms with Crippen molar-refractivity contribution in [2.24, 2.45) is 5.73 Å². The highest BCUT2D eigenvalue weighted by Crippen LogP contribution is 2.28. The second-order valence-corrected chi connectivity index (χ2v) is 4.44. The zero-order chi connectivity index (χ0) is 10.1. The Bertz CT molecular complexity index is 464. The van der Waals surface area contributed by atoms with Crippen molar-refractivity contribution in [2.75, 3.05) is 6.54 Å². The number of aromatic nitrogens is 1. The highest BCUT2D eigenvalue weighted by molar-refractivity contribution is 9.10. The van der Waals surface area contributed by atoms with Gasteiger partial charge in [0.15, 0.2) is 0 Å². The summed E-state index contributed by atoms with van der Waals surface area (Å²) in [5.41, 5.74) is 7.69. The van der Waals surface area contributed by atoms with Crippen LogP contribution in [0.5, 0.6) is 0 Å². The Balaban J connectivity index is 2.66. The monoisotopic (exact) mass is 272 g/mol. The molecule has 74 valence electrons. The number of halogens is 2. The van der Waals surface area contributed by atoms with Crippen LogP contribution in [0.1, 0.15) is 5.56 Å². The van der Waals surface area contributed by atoms with Gasteiger partial charge in [0.1, 0.15) is 5.15 Å². The SMILES string of the molecule is NCCc1c(Cl)[nH]c2ccc(Br)cc12. The predicted octanol–water partition coefficient (Wildman–Crippen LogP) is 3.09. The Kier molecular flexibility index (Phi) is 2.81. The summed E-state index contributed by atoms with van der Waals surface area (Å²) >= 11 is 9.51. The molecule has 0 aliphatic rings. The topological polar surface area (TPSA) is 41.8 Å². The van der Waals surface area contributed by atoms with E-state index in [0.29, 0.717) is 11.7 Å². The molecular formula is C10H10BrClN2. The van der Waals surface area contributed by atoms with Crippen molar-refractivity contribution in [3.05, 3.63) is 33.4 Å². The molecule has 14 heavy (non-hydrogen) atoms. The molecule has 0 fully saturated rings. The summed E-state index contributed by atoms with van der Waals surface area (Å²) in [6, 6.07) is 6.05. The molecule has 0 saturated carbocycles. The maximum Gasteiger partial charge on any atom is 0.110 e. The second-order valence-electron chi connectivity index (χ2n) is 3.15. The van der Waals surface area contributed by atoms with E-state index in [0.717, 1.165) is 27.4 Å². The molecular weight excluding hydrogens is 263 g/mol. The van der Waals surface area contributed by atoms with E-state index in [1.807, 2.05) is 12.1 Å². The number of H-pyrrole nitrogens is 1. The van der Waals surface area contributed by atoms with Crippen LogP contribution in [-0.4, -0.2) is 11.5 Å². The molecule has 2 nitrogen and oxygen atoms in total. The van der Waals surface area contributed by atoms with Gasteiger partial charge in [0, 0.05) is 15.4 Å². The maximum absolute atomic E-state index is 6.07. The first kappa shape index (κ1) is 10.0.